The van der Waals surface area contributed by atoms with Gasteiger partial charge in [0, 0.05) is 23.5 Å². The van der Waals surface area contributed by atoms with Crippen molar-refractivity contribution in [3.63, 3.8) is 0 Å². The molecule has 9 nitrogen and oxygen atoms in total. The maximum atomic E-state index is 12.4. The van der Waals surface area contributed by atoms with Gasteiger partial charge < -0.3 is 34.6 Å². The van der Waals surface area contributed by atoms with Crippen LogP contribution in [0.3, 0.4) is 0 Å². The first-order valence-electron chi connectivity index (χ1n) is 8.57. The molecule has 13 heteroatoms. The number of fused-ring (bicyclic) bond motifs is 1. The Morgan fingerprint density at radius 1 is 1.13 bits per heavy atom. The van der Waals surface area contributed by atoms with Gasteiger partial charge in [0.15, 0.2) is 0 Å². The molecule has 30 heavy (non-hydrogen) atoms. The van der Waals surface area contributed by atoms with Crippen molar-refractivity contribution in [3.05, 3.63) is 36.0 Å². The Kier molecular flexibility index (Phi) is 20.0. The maximum Gasteiger partial charge on any atom is 1.00 e. The van der Waals surface area contributed by atoms with Crippen LogP contribution in [0, 0.1) is 0 Å². The van der Waals surface area contributed by atoms with E-state index in [-0.39, 0.29) is 167 Å². The van der Waals surface area contributed by atoms with E-state index in [9.17, 15) is 29.0 Å². The summed E-state index contributed by atoms with van der Waals surface area (Å²) in [4.78, 5) is 48.8. The van der Waals surface area contributed by atoms with E-state index in [0.29, 0.717) is 18.4 Å². The molecule has 1 aromatic carbocycles. The van der Waals surface area contributed by atoms with Gasteiger partial charge in [0.25, 0.3) is 0 Å². The Morgan fingerprint density at radius 3 is 2.33 bits per heavy atom. The molecule has 2 atom stereocenters. The molecule has 0 saturated heterocycles. The monoisotopic (exact) mass is 511 g/mol. The first kappa shape index (κ1) is 34.9. The van der Waals surface area contributed by atoms with Crippen LogP contribution in [0.25, 0.3) is 10.9 Å². The second-order valence-corrected chi connectivity index (χ2v) is 7.52. The van der Waals surface area contributed by atoms with Crippen LogP contribution in [0.5, 0.6) is 0 Å². The molecule has 0 radical (unpaired) electrons. The number of aromatic amines is 1. The van der Waals surface area contributed by atoms with Gasteiger partial charge in [-0.25, -0.2) is 0 Å². The van der Waals surface area contributed by atoms with E-state index in [4.69, 9.17) is 0 Å². The molecule has 0 fully saturated rings. The van der Waals surface area contributed by atoms with Crippen molar-refractivity contribution in [1.82, 2.24) is 15.4 Å². The number of hydrogen-bond donors (Lipinski definition) is 3. The number of unbranched alkanes of at least 4 members (excludes halogenated alkanes) is 1. The van der Waals surface area contributed by atoms with Crippen LogP contribution in [-0.4, -0.2) is 28.9 Å². The van der Waals surface area contributed by atoms with Crippen molar-refractivity contribution < 1.29 is 183 Å². The molecule has 0 spiro atoms. The number of hydrogen-bond acceptors (Lipinski definition) is 6. The third kappa shape index (κ3) is 11.9. The molecule has 0 aliphatic rings. The van der Waals surface area contributed by atoms with E-state index in [1.807, 2.05) is 25.1 Å². The molecule has 0 aliphatic heterocycles. The van der Waals surface area contributed by atoms with Gasteiger partial charge in [-0.2, -0.15) is 0 Å². The summed E-state index contributed by atoms with van der Waals surface area (Å²) < 4.78 is 11.0. The van der Waals surface area contributed by atoms with Gasteiger partial charge in [0.05, 0.1) is 18.1 Å². The molecule has 148 valence electrons. The molecule has 2 aromatic rings. The predicted octanol–water partition coefficient (Wildman–Crippen LogP) is -10.1. The summed E-state index contributed by atoms with van der Waals surface area (Å²) in [6, 6.07) is 4.57. The second kappa shape index (κ2) is 17.2. The fourth-order valence-corrected chi connectivity index (χ4v) is 3.47. The topological polar surface area (TPSA) is 160 Å². The standard InChI is InChI=1S/C17H24N3O6P.3K/c1-2-3-7-14(20-27(24,25)26)16(21)19-15(17(22)23)9-11-10-18-13-8-5-4-6-12(11)13;;;/h4-6,8,10,14-15,18H,2-3,7,9H2,1H3,(H,19,21)(H,22,23)(H3,20,24,25,26);;;/q;3*+1/p-3/t14-,15-;;;/m0.../s1. The summed E-state index contributed by atoms with van der Waals surface area (Å²) in [6.07, 6.45) is 2.84. The third-order valence-electron chi connectivity index (χ3n) is 4.18. The average Bonchev–Trinajstić information content (AvgIpc) is 3.00. The zero-order chi connectivity index (χ0) is 20.0. The maximum absolute atomic E-state index is 12.4. The van der Waals surface area contributed by atoms with Crippen molar-refractivity contribution in [1.29, 1.82) is 0 Å². The summed E-state index contributed by atoms with van der Waals surface area (Å²) >= 11 is 0. The number of rotatable bonds is 10. The van der Waals surface area contributed by atoms with Gasteiger partial charge in [0.1, 0.15) is 0 Å². The number of carbonyl (C=O) groups excluding carboxylic acids is 2. The first-order chi connectivity index (χ1) is 12.7. The van der Waals surface area contributed by atoms with Crippen molar-refractivity contribution in [3.8, 4) is 0 Å². The minimum Gasteiger partial charge on any atom is -0.799 e. The van der Waals surface area contributed by atoms with Crippen LogP contribution in [0.2, 0.25) is 0 Å². The number of amides is 1. The Hall–Kier alpha value is 2.72. The molecule has 1 heterocycles. The summed E-state index contributed by atoms with van der Waals surface area (Å²) in [5.74, 6) is -2.38. The quantitative estimate of drug-likeness (QED) is 0.211. The molecule has 0 aliphatic carbocycles. The van der Waals surface area contributed by atoms with E-state index in [1.54, 1.807) is 17.4 Å². The van der Waals surface area contributed by atoms with Gasteiger partial charge in [-0.3, -0.25) is 9.88 Å². The number of carboxylic acids is 1. The molecule has 0 bridgehead atoms. The molecule has 0 saturated carbocycles. The Morgan fingerprint density at radius 2 is 1.77 bits per heavy atom. The van der Waals surface area contributed by atoms with Crippen molar-refractivity contribution in [2.75, 3.05) is 0 Å². The SMILES string of the molecule is CCCC[C@H](NP(=O)([O-])[O-])C(=O)N[C@@H](Cc1c[nH]c2ccccc12)C(=O)[O-].[K+].[K+].[K+]. The number of carbonyl (C=O) groups is 2. The fraction of sp³-hybridized carbons (Fsp3) is 0.412. The molecule has 3 N–H and O–H groups in total. The fourth-order valence-electron chi connectivity index (χ4n) is 2.84. The minimum atomic E-state index is -5.15. The predicted molar refractivity (Wildman–Crippen MR) is 93.0 cm³/mol. The number of H-pyrrole nitrogens is 1. The van der Waals surface area contributed by atoms with Gasteiger partial charge in [-0.1, -0.05) is 38.0 Å². The van der Waals surface area contributed by atoms with E-state index in [0.717, 1.165) is 10.9 Å². The van der Waals surface area contributed by atoms with E-state index >= 15 is 0 Å². The van der Waals surface area contributed by atoms with E-state index in [2.05, 4.69) is 10.3 Å². The zero-order valence-electron chi connectivity index (χ0n) is 17.8. The number of para-hydroxylation sites is 1. The van der Waals surface area contributed by atoms with E-state index in [1.165, 1.54) is 0 Å². The van der Waals surface area contributed by atoms with Gasteiger partial charge >= 0.3 is 154 Å². The molecule has 0 unspecified atom stereocenters. The van der Waals surface area contributed by atoms with E-state index < -0.39 is 31.7 Å². The van der Waals surface area contributed by atoms with Crippen molar-refractivity contribution in [2.24, 2.45) is 0 Å². The van der Waals surface area contributed by atoms with Crippen LogP contribution >= 0.6 is 7.75 Å². The summed E-state index contributed by atoms with van der Waals surface area (Å²) in [5, 5.41) is 16.3. The number of benzene rings is 1. The van der Waals surface area contributed by atoms with Gasteiger partial charge in [-0.15, -0.1) is 0 Å². The number of aliphatic carboxylic acids is 1. The number of carboxylic acid groups (broad SMARTS) is 1. The average molecular weight is 512 g/mol. The number of nitrogens with one attached hydrogen (secondary N) is 3. The first-order valence-corrected chi connectivity index (χ1v) is 10.1. The van der Waals surface area contributed by atoms with Crippen molar-refractivity contribution >= 4 is 30.5 Å². The molecular weight excluding hydrogens is 490 g/mol. The van der Waals surface area contributed by atoms with Gasteiger partial charge in [-0.05, 0) is 25.8 Å². The Bertz CT molecular complexity index is 860. The summed E-state index contributed by atoms with van der Waals surface area (Å²) in [5.41, 5.74) is 1.48. The minimum absolute atomic E-state index is 0. The molecular formula is C17H21K3N3O6P. The van der Waals surface area contributed by atoms with Crippen LogP contribution in [0.1, 0.15) is 31.7 Å². The third-order valence-corrected chi connectivity index (χ3v) is 4.80. The Balaban J connectivity index is 0. The van der Waals surface area contributed by atoms with Gasteiger partial charge in [0.2, 0.25) is 5.91 Å². The van der Waals surface area contributed by atoms with Crippen LogP contribution < -0.4 is 179 Å². The largest absolute Gasteiger partial charge is 1.00 e. The van der Waals surface area contributed by atoms with Crippen LogP contribution in [0.15, 0.2) is 30.5 Å². The molecule has 2 rings (SSSR count). The summed E-state index contributed by atoms with van der Waals surface area (Å²) in [6.45, 7) is 1.84. The zero-order valence-corrected chi connectivity index (χ0v) is 28.0. The molecule has 1 amide bonds. The smallest absolute Gasteiger partial charge is 0.799 e. The van der Waals surface area contributed by atoms with Crippen LogP contribution in [-0.2, 0) is 20.6 Å². The normalized spacial score (nSPS) is 12.6. The second-order valence-electron chi connectivity index (χ2n) is 6.27. The Labute approximate surface area is 303 Å². The van der Waals surface area contributed by atoms with Crippen molar-refractivity contribution in [2.45, 2.75) is 44.7 Å². The number of aromatic nitrogens is 1. The summed E-state index contributed by atoms with van der Waals surface area (Å²) in [7, 11) is -5.15. The molecule has 1 aromatic heterocycles. The van der Waals surface area contributed by atoms with Crippen LogP contribution in [0.4, 0.5) is 0 Å².